The molecule has 0 spiro atoms. The summed E-state index contributed by atoms with van der Waals surface area (Å²) < 4.78 is 11.2. The molecule has 14 nitrogen and oxygen atoms in total. The van der Waals surface area contributed by atoms with E-state index in [1.807, 2.05) is 91.8 Å². The Morgan fingerprint density at radius 2 is 1.11 bits per heavy atom. The smallest absolute Gasteiger partial charge is 0.411 e. The molecule has 56 heavy (non-hydrogen) atoms. The van der Waals surface area contributed by atoms with Gasteiger partial charge in [0.1, 0.15) is 12.2 Å². The molecule has 2 aliphatic heterocycles. The molecule has 2 amide bonds. The molecule has 0 unspecified atom stereocenters. The number of rotatable bonds is 8. The van der Waals surface area contributed by atoms with E-state index in [-0.39, 0.29) is 12.2 Å². The molecular formula is C42H54N6O8. The number of hydroxylamine groups is 4. The molecule has 0 radical (unpaired) electrons. The van der Waals surface area contributed by atoms with Gasteiger partial charge in [-0.1, -0.05) is 30.3 Å². The highest BCUT2D eigenvalue weighted by Crippen LogP contribution is 2.39. The highest BCUT2D eigenvalue weighted by molar-refractivity contribution is 5.87. The van der Waals surface area contributed by atoms with Gasteiger partial charge in [-0.2, -0.15) is 20.1 Å². The molecule has 0 saturated carbocycles. The van der Waals surface area contributed by atoms with E-state index in [2.05, 4.69) is 20.6 Å². The fourth-order valence-electron chi connectivity index (χ4n) is 7.73. The zero-order valence-electron chi connectivity index (χ0n) is 33.7. The van der Waals surface area contributed by atoms with Crippen LogP contribution in [-0.2, 0) is 25.5 Å². The molecule has 2 heterocycles. The Balaban J connectivity index is 0.000000255. The number of aliphatic imine (C=N–C) groups is 2. The Bertz CT molecular complexity index is 1910. The summed E-state index contributed by atoms with van der Waals surface area (Å²) >= 11 is 0. The van der Waals surface area contributed by atoms with Gasteiger partial charge in [0.25, 0.3) is 0 Å². The lowest BCUT2D eigenvalue weighted by Crippen LogP contribution is -2.60. The van der Waals surface area contributed by atoms with Gasteiger partial charge in [0, 0.05) is 59.2 Å². The molecule has 0 bridgehead atoms. The minimum atomic E-state index is -0.571. The number of isocyanates is 2. The maximum Gasteiger partial charge on any atom is 0.411 e. The second kappa shape index (κ2) is 17.7. The van der Waals surface area contributed by atoms with Crippen LogP contribution < -0.4 is 10.6 Å². The summed E-state index contributed by atoms with van der Waals surface area (Å²) in [5.41, 5.74) is 3.09. The average Bonchev–Trinajstić information content (AvgIpc) is 3.09. The zero-order valence-corrected chi connectivity index (χ0v) is 33.7. The molecule has 0 aliphatic carbocycles. The van der Waals surface area contributed by atoms with Crippen LogP contribution in [0.25, 0.3) is 0 Å². The van der Waals surface area contributed by atoms with E-state index in [4.69, 9.17) is 9.47 Å². The van der Waals surface area contributed by atoms with E-state index in [1.54, 1.807) is 37.3 Å². The van der Waals surface area contributed by atoms with E-state index in [9.17, 15) is 29.6 Å². The standard InChI is InChI=1S/C24H29N3O4.C18H25N3O4/c1-23(2)14-21(15-24(3,4)27(23)30)31-22(29)26-20-11-7-18(8-12-20)13-17-5-9-19(10-6-17)25-16-28;1-12-14(19-11-22)7-6-8-15(12)20-16(23)25-13-9-17(2,3)21(24)18(4,5)10-13/h5-12,21,30H,13-15H2,1-4H3,(H,26,29);6-8,13,24H,9-10H2,1-5H3,(H,20,23). The molecule has 2 fully saturated rings. The van der Waals surface area contributed by atoms with Crippen molar-refractivity contribution in [1.82, 2.24) is 10.1 Å². The number of carbonyl (C=O) groups is 2. The Morgan fingerprint density at radius 3 is 1.55 bits per heavy atom. The van der Waals surface area contributed by atoms with Crippen molar-refractivity contribution >= 4 is 47.1 Å². The minimum absolute atomic E-state index is 0.279. The third-order valence-corrected chi connectivity index (χ3v) is 10.2. The van der Waals surface area contributed by atoms with E-state index < -0.39 is 34.3 Å². The summed E-state index contributed by atoms with van der Waals surface area (Å²) in [6.45, 7) is 17.1. The molecular weight excluding hydrogens is 716 g/mol. The number of benzene rings is 3. The molecule has 14 heteroatoms. The summed E-state index contributed by atoms with van der Waals surface area (Å²) in [7, 11) is 0. The van der Waals surface area contributed by atoms with Crippen LogP contribution in [0, 0.1) is 6.92 Å². The van der Waals surface area contributed by atoms with E-state index >= 15 is 0 Å². The van der Waals surface area contributed by atoms with Gasteiger partial charge < -0.3 is 19.9 Å². The van der Waals surface area contributed by atoms with Crippen LogP contribution in [-0.4, -0.2) is 79.3 Å². The van der Waals surface area contributed by atoms with Gasteiger partial charge in [-0.3, -0.25) is 10.6 Å². The van der Waals surface area contributed by atoms with Crippen molar-refractivity contribution < 1.29 is 39.1 Å². The van der Waals surface area contributed by atoms with Crippen molar-refractivity contribution in [2.75, 3.05) is 10.6 Å². The fraction of sp³-hybridized carbons (Fsp3) is 0.476. The number of hydrogen-bond donors (Lipinski definition) is 4. The topological polar surface area (TPSA) is 182 Å². The lowest BCUT2D eigenvalue weighted by atomic mass is 9.80. The summed E-state index contributed by atoms with van der Waals surface area (Å²) in [6, 6.07) is 20.0. The molecule has 2 aliphatic rings. The van der Waals surface area contributed by atoms with Crippen LogP contribution in [0.5, 0.6) is 0 Å². The first-order valence-corrected chi connectivity index (χ1v) is 18.5. The fourth-order valence-corrected chi connectivity index (χ4v) is 7.73. The van der Waals surface area contributed by atoms with Crippen LogP contribution in [0.15, 0.2) is 76.7 Å². The number of anilines is 2. The molecule has 3 aromatic carbocycles. The summed E-state index contributed by atoms with van der Waals surface area (Å²) in [4.78, 5) is 52.6. The molecule has 4 N–H and O–H groups in total. The number of ether oxygens (including phenoxy) is 2. The van der Waals surface area contributed by atoms with Crippen molar-refractivity contribution in [3.63, 3.8) is 0 Å². The average molecular weight is 771 g/mol. The van der Waals surface area contributed by atoms with Crippen LogP contribution in [0.3, 0.4) is 0 Å². The van der Waals surface area contributed by atoms with Crippen molar-refractivity contribution in [3.8, 4) is 0 Å². The SMILES string of the molecule is CC1(C)CC(OC(=O)Nc2ccc(Cc3ccc(N=C=O)cc3)cc2)CC(C)(C)N1O.Cc1c(N=C=O)cccc1NC(=O)OC1CC(C)(C)N(O)C(C)(C)C1. The Hall–Kier alpha value is -5.20. The molecule has 5 rings (SSSR count). The zero-order chi connectivity index (χ0) is 41.5. The van der Waals surface area contributed by atoms with Crippen molar-refractivity contribution in [2.24, 2.45) is 9.98 Å². The first-order chi connectivity index (χ1) is 26.2. The van der Waals surface area contributed by atoms with Gasteiger partial charge in [-0.25, -0.2) is 19.2 Å². The highest BCUT2D eigenvalue weighted by Gasteiger charge is 2.47. The number of nitrogens with one attached hydrogen (secondary N) is 2. The largest absolute Gasteiger partial charge is 0.446 e. The van der Waals surface area contributed by atoms with Gasteiger partial charge >= 0.3 is 12.2 Å². The van der Waals surface area contributed by atoms with Gasteiger partial charge in [-0.05, 0) is 122 Å². The summed E-state index contributed by atoms with van der Waals surface area (Å²) in [5.74, 6) is 0. The molecule has 0 atom stereocenters. The molecule has 0 aromatic heterocycles. The predicted molar refractivity (Wildman–Crippen MR) is 212 cm³/mol. The Labute approximate surface area is 328 Å². The van der Waals surface area contributed by atoms with Gasteiger partial charge in [0.2, 0.25) is 12.2 Å². The van der Waals surface area contributed by atoms with E-state index in [0.717, 1.165) is 17.5 Å². The van der Waals surface area contributed by atoms with E-state index in [1.165, 1.54) is 22.3 Å². The highest BCUT2D eigenvalue weighted by atomic mass is 16.6. The summed E-state index contributed by atoms with van der Waals surface area (Å²) in [5, 5.41) is 28.9. The maximum atomic E-state index is 12.4. The van der Waals surface area contributed by atoms with Crippen LogP contribution >= 0.6 is 0 Å². The minimum Gasteiger partial charge on any atom is -0.446 e. The van der Waals surface area contributed by atoms with Crippen molar-refractivity contribution in [1.29, 1.82) is 0 Å². The quantitative estimate of drug-likeness (QED) is 0.127. The van der Waals surface area contributed by atoms with Crippen LogP contribution in [0.2, 0.25) is 0 Å². The molecule has 2 saturated heterocycles. The third kappa shape index (κ3) is 11.4. The Morgan fingerprint density at radius 1 is 0.679 bits per heavy atom. The monoisotopic (exact) mass is 770 g/mol. The van der Waals surface area contributed by atoms with Gasteiger partial charge in [-0.15, -0.1) is 0 Å². The Kier molecular flexibility index (Phi) is 13.8. The number of carbonyl (C=O) groups excluding carboxylic acids is 4. The predicted octanol–water partition coefficient (Wildman–Crippen LogP) is 9.13. The third-order valence-electron chi connectivity index (χ3n) is 10.2. The van der Waals surface area contributed by atoms with Crippen LogP contribution in [0.4, 0.5) is 32.3 Å². The number of amides is 2. The first kappa shape index (κ1) is 43.5. The van der Waals surface area contributed by atoms with Crippen LogP contribution in [0.1, 0.15) is 97.8 Å². The second-order valence-corrected chi connectivity index (χ2v) is 16.9. The molecule has 300 valence electrons. The lowest BCUT2D eigenvalue weighted by molar-refractivity contribution is -0.256. The number of piperidine rings is 2. The van der Waals surface area contributed by atoms with Gasteiger partial charge in [0.05, 0.1) is 11.4 Å². The van der Waals surface area contributed by atoms with Crippen molar-refractivity contribution in [2.45, 2.75) is 129 Å². The number of hydrogen-bond acceptors (Lipinski definition) is 12. The van der Waals surface area contributed by atoms with Crippen molar-refractivity contribution in [3.05, 3.63) is 83.4 Å². The normalized spacial score (nSPS) is 18.8. The van der Waals surface area contributed by atoms with E-state index in [0.29, 0.717) is 54.0 Å². The molecule has 3 aromatic rings. The van der Waals surface area contributed by atoms with Gasteiger partial charge in [0.15, 0.2) is 0 Å². The summed E-state index contributed by atoms with van der Waals surface area (Å²) in [6.07, 6.45) is 4.23. The first-order valence-electron chi connectivity index (χ1n) is 18.5. The second-order valence-electron chi connectivity index (χ2n) is 16.9. The number of nitrogens with zero attached hydrogens (tertiary/aromatic N) is 4. The lowest BCUT2D eigenvalue weighted by Gasteiger charge is -2.50. The maximum absolute atomic E-state index is 12.4.